The lowest BCUT2D eigenvalue weighted by Gasteiger charge is -2.32. The van der Waals surface area contributed by atoms with Crippen molar-refractivity contribution in [2.24, 2.45) is 5.92 Å². The first kappa shape index (κ1) is 14.5. The molecule has 1 rings (SSSR count). The molecule has 0 aromatic carbocycles. The Hall–Kier alpha value is -0.590. The predicted molar refractivity (Wildman–Crippen MR) is 71.7 cm³/mol. The van der Waals surface area contributed by atoms with Crippen molar-refractivity contribution < 1.29 is 0 Å². The smallest absolute Gasteiger partial charge is 0.116 e. The third-order valence-electron chi connectivity index (χ3n) is 3.19. The summed E-state index contributed by atoms with van der Waals surface area (Å²) in [5, 5.41) is 12.7. The zero-order chi connectivity index (χ0) is 12.9. The Kier molecular flexibility index (Phi) is 5.42. The molecule has 1 N–H and O–H groups in total. The van der Waals surface area contributed by atoms with Crippen LogP contribution in [0.3, 0.4) is 0 Å². The van der Waals surface area contributed by atoms with Crippen molar-refractivity contribution in [3.63, 3.8) is 0 Å². The molecule has 0 spiro atoms. The maximum atomic E-state index is 9.36. The average molecular weight is 237 g/mol. The number of nitriles is 1. The summed E-state index contributed by atoms with van der Waals surface area (Å²) in [7, 11) is 0. The molecule has 0 radical (unpaired) electrons. The van der Waals surface area contributed by atoms with Crippen LogP contribution in [0.2, 0.25) is 0 Å². The number of hydrogen-bond donors (Lipinski definition) is 1. The van der Waals surface area contributed by atoms with Gasteiger partial charge in [0.1, 0.15) is 5.54 Å². The SMILES string of the molecule is CCCNC(C)(C#N)CN(CC(C)C)C1CC1. The van der Waals surface area contributed by atoms with Crippen molar-refractivity contribution >= 4 is 0 Å². The summed E-state index contributed by atoms with van der Waals surface area (Å²) in [5.41, 5.74) is -0.395. The standard InChI is InChI=1S/C14H27N3/c1-5-8-16-14(4,10-15)11-17(9-12(2)3)13-6-7-13/h12-13,16H,5-9,11H2,1-4H3. The highest BCUT2D eigenvalue weighted by atomic mass is 15.2. The quantitative estimate of drug-likeness (QED) is 0.704. The van der Waals surface area contributed by atoms with E-state index in [4.69, 9.17) is 0 Å². The van der Waals surface area contributed by atoms with E-state index in [-0.39, 0.29) is 0 Å². The van der Waals surface area contributed by atoms with Gasteiger partial charge in [-0.25, -0.2) is 0 Å². The molecule has 0 aromatic rings. The largest absolute Gasteiger partial charge is 0.299 e. The fourth-order valence-electron chi connectivity index (χ4n) is 2.19. The third-order valence-corrected chi connectivity index (χ3v) is 3.19. The van der Waals surface area contributed by atoms with Gasteiger partial charge in [0.05, 0.1) is 6.07 Å². The first-order chi connectivity index (χ1) is 8.00. The zero-order valence-corrected chi connectivity index (χ0v) is 11.8. The van der Waals surface area contributed by atoms with E-state index in [0.29, 0.717) is 5.92 Å². The normalized spacial score (nSPS) is 19.4. The summed E-state index contributed by atoms with van der Waals surface area (Å²) < 4.78 is 0. The lowest BCUT2D eigenvalue weighted by molar-refractivity contribution is 0.191. The van der Waals surface area contributed by atoms with Gasteiger partial charge in [0.25, 0.3) is 0 Å². The van der Waals surface area contributed by atoms with Crippen LogP contribution in [0.15, 0.2) is 0 Å². The van der Waals surface area contributed by atoms with E-state index >= 15 is 0 Å². The van der Waals surface area contributed by atoms with Crippen LogP contribution in [0.1, 0.15) is 47.0 Å². The lowest BCUT2D eigenvalue weighted by Crippen LogP contribution is -2.51. The molecule has 17 heavy (non-hydrogen) atoms. The minimum Gasteiger partial charge on any atom is -0.299 e. The fraction of sp³-hybridized carbons (Fsp3) is 0.929. The molecule has 1 fully saturated rings. The summed E-state index contributed by atoms with van der Waals surface area (Å²) in [6.07, 6.45) is 3.69. The summed E-state index contributed by atoms with van der Waals surface area (Å²) >= 11 is 0. The molecule has 0 heterocycles. The predicted octanol–water partition coefficient (Wildman–Crippen LogP) is 2.39. The third kappa shape index (κ3) is 5.06. The molecule has 1 saturated carbocycles. The fourth-order valence-corrected chi connectivity index (χ4v) is 2.19. The molecule has 1 aliphatic rings. The minimum absolute atomic E-state index is 0.395. The maximum absolute atomic E-state index is 9.36. The topological polar surface area (TPSA) is 39.1 Å². The van der Waals surface area contributed by atoms with Gasteiger partial charge in [-0.1, -0.05) is 20.8 Å². The highest BCUT2D eigenvalue weighted by Gasteiger charge is 2.34. The van der Waals surface area contributed by atoms with Crippen LogP contribution < -0.4 is 5.32 Å². The van der Waals surface area contributed by atoms with Crippen molar-refractivity contribution in [1.29, 1.82) is 5.26 Å². The maximum Gasteiger partial charge on any atom is 0.116 e. The number of nitrogens with zero attached hydrogens (tertiary/aromatic N) is 2. The van der Waals surface area contributed by atoms with Crippen molar-refractivity contribution in [2.75, 3.05) is 19.6 Å². The molecule has 0 amide bonds. The Morgan fingerprint density at radius 3 is 2.53 bits per heavy atom. The lowest BCUT2D eigenvalue weighted by atomic mass is 10.0. The summed E-state index contributed by atoms with van der Waals surface area (Å²) in [6, 6.07) is 3.18. The van der Waals surface area contributed by atoms with Crippen LogP contribution in [-0.2, 0) is 0 Å². The minimum atomic E-state index is -0.395. The van der Waals surface area contributed by atoms with Gasteiger partial charge < -0.3 is 0 Å². The summed E-state index contributed by atoms with van der Waals surface area (Å²) in [4.78, 5) is 2.50. The Labute approximate surface area is 106 Å². The van der Waals surface area contributed by atoms with Gasteiger partial charge in [-0.15, -0.1) is 0 Å². The van der Waals surface area contributed by atoms with Gasteiger partial charge in [0.15, 0.2) is 0 Å². The van der Waals surface area contributed by atoms with E-state index in [1.54, 1.807) is 0 Å². The van der Waals surface area contributed by atoms with E-state index < -0.39 is 5.54 Å². The van der Waals surface area contributed by atoms with Gasteiger partial charge in [-0.2, -0.15) is 5.26 Å². The molecule has 3 nitrogen and oxygen atoms in total. The molecule has 3 heteroatoms. The van der Waals surface area contributed by atoms with E-state index in [0.717, 1.165) is 32.1 Å². The average Bonchev–Trinajstić information content (AvgIpc) is 3.09. The van der Waals surface area contributed by atoms with Gasteiger partial charge in [-0.3, -0.25) is 10.2 Å². The van der Waals surface area contributed by atoms with Crippen molar-refractivity contribution in [2.45, 2.75) is 58.5 Å². The van der Waals surface area contributed by atoms with Crippen molar-refractivity contribution in [3.05, 3.63) is 0 Å². The molecule has 0 aromatic heterocycles. The Morgan fingerprint density at radius 2 is 2.12 bits per heavy atom. The molecule has 1 atom stereocenters. The highest BCUT2D eigenvalue weighted by molar-refractivity contribution is 5.07. The van der Waals surface area contributed by atoms with E-state index in [2.05, 4.69) is 37.1 Å². The van der Waals surface area contributed by atoms with Crippen LogP contribution in [0.25, 0.3) is 0 Å². The van der Waals surface area contributed by atoms with E-state index in [9.17, 15) is 5.26 Å². The molecule has 0 saturated heterocycles. The molecule has 0 aliphatic heterocycles. The van der Waals surface area contributed by atoms with Crippen LogP contribution >= 0.6 is 0 Å². The molecular formula is C14H27N3. The van der Waals surface area contributed by atoms with Crippen molar-refractivity contribution in [1.82, 2.24) is 10.2 Å². The Morgan fingerprint density at radius 1 is 1.47 bits per heavy atom. The highest BCUT2D eigenvalue weighted by Crippen LogP contribution is 2.28. The Bertz CT molecular complexity index is 265. The molecule has 1 aliphatic carbocycles. The summed E-state index contributed by atoms with van der Waals surface area (Å²) in [6.45, 7) is 11.5. The van der Waals surface area contributed by atoms with Crippen molar-refractivity contribution in [3.8, 4) is 6.07 Å². The second-order valence-corrected chi connectivity index (χ2v) is 5.93. The van der Waals surface area contributed by atoms with E-state index in [1.165, 1.54) is 12.8 Å². The van der Waals surface area contributed by atoms with Crippen LogP contribution in [0.4, 0.5) is 0 Å². The second-order valence-electron chi connectivity index (χ2n) is 5.93. The van der Waals surface area contributed by atoms with E-state index in [1.807, 2.05) is 6.92 Å². The van der Waals surface area contributed by atoms with Crippen LogP contribution in [0, 0.1) is 17.2 Å². The molecule has 98 valence electrons. The van der Waals surface area contributed by atoms with Gasteiger partial charge >= 0.3 is 0 Å². The van der Waals surface area contributed by atoms with Crippen LogP contribution in [-0.4, -0.2) is 36.1 Å². The second kappa shape index (κ2) is 6.37. The van der Waals surface area contributed by atoms with Gasteiger partial charge in [-0.05, 0) is 38.6 Å². The van der Waals surface area contributed by atoms with Crippen LogP contribution in [0.5, 0.6) is 0 Å². The number of hydrogen-bond acceptors (Lipinski definition) is 3. The number of rotatable bonds is 8. The molecule has 0 bridgehead atoms. The zero-order valence-electron chi connectivity index (χ0n) is 11.8. The first-order valence-corrected chi connectivity index (χ1v) is 6.91. The monoisotopic (exact) mass is 237 g/mol. The Balaban J connectivity index is 2.53. The van der Waals surface area contributed by atoms with Gasteiger partial charge in [0, 0.05) is 19.1 Å². The molecule has 1 unspecified atom stereocenters. The summed E-state index contributed by atoms with van der Waals surface area (Å²) in [5.74, 6) is 0.671. The number of nitrogens with one attached hydrogen (secondary N) is 1. The first-order valence-electron chi connectivity index (χ1n) is 6.91. The van der Waals surface area contributed by atoms with Gasteiger partial charge in [0.2, 0.25) is 0 Å². The molecular weight excluding hydrogens is 210 g/mol.